The van der Waals surface area contributed by atoms with Crippen LogP contribution in [-0.2, 0) is 33.2 Å². The quantitative estimate of drug-likeness (QED) is 0.0505. The van der Waals surface area contributed by atoms with E-state index in [-0.39, 0.29) is 12.4 Å². The van der Waals surface area contributed by atoms with Crippen LogP contribution in [0.15, 0.2) is 0 Å². The predicted octanol–water partition coefficient (Wildman–Crippen LogP) is -5.66. The van der Waals surface area contributed by atoms with Crippen LogP contribution < -0.4 is 5.48 Å². The smallest absolute Gasteiger partial charge is 0.187 e. The number of hydrogen-bond donors (Lipinski definition) is 12. The molecular weight excluding hydrogens is 626 g/mol. The molecule has 12 N–H and O–H groups in total. The van der Waals surface area contributed by atoms with Crippen molar-refractivity contribution in [2.75, 3.05) is 26.4 Å². The molecule has 3 fully saturated rings. The predicted molar refractivity (Wildman–Crippen MR) is 147 cm³/mol. The van der Waals surface area contributed by atoms with Crippen molar-refractivity contribution in [1.29, 1.82) is 0 Å². The molecule has 0 aliphatic carbocycles. The number of nitrogens with one attached hydrogen (secondary N) is 1. The Kier molecular flexibility index (Phi) is 16.0. The molecule has 3 aliphatic rings. The van der Waals surface area contributed by atoms with Crippen LogP contribution in [0.25, 0.3) is 0 Å². The van der Waals surface area contributed by atoms with E-state index in [2.05, 4.69) is 0 Å². The van der Waals surface area contributed by atoms with E-state index in [1.807, 2.05) is 5.48 Å². The van der Waals surface area contributed by atoms with E-state index in [0.29, 0.717) is 25.7 Å². The summed E-state index contributed by atoms with van der Waals surface area (Å²) in [7, 11) is 0. The first kappa shape index (κ1) is 39.4. The summed E-state index contributed by atoms with van der Waals surface area (Å²) in [6, 6.07) is -0.627. The van der Waals surface area contributed by atoms with Crippen molar-refractivity contribution in [3.8, 4) is 0 Å². The van der Waals surface area contributed by atoms with E-state index in [9.17, 15) is 55.9 Å². The molecule has 0 aromatic rings. The molecule has 0 spiro atoms. The lowest BCUT2D eigenvalue weighted by Gasteiger charge is -2.48. The third kappa shape index (κ3) is 9.55. The molecule has 0 bridgehead atoms. The molecule has 3 saturated heterocycles. The van der Waals surface area contributed by atoms with Gasteiger partial charge in [0.1, 0.15) is 79.0 Å². The van der Waals surface area contributed by atoms with E-state index in [0.717, 1.165) is 6.42 Å². The number of aliphatic hydroxyl groups is 10. The van der Waals surface area contributed by atoms with Crippen LogP contribution in [0, 0.1) is 0 Å². The first-order chi connectivity index (χ1) is 21.9. The average Bonchev–Trinajstić information content (AvgIpc) is 3.04. The number of rotatable bonds is 17. The third-order valence-electron chi connectivity index (χ3n) is 8.39. The lowest BCUT2D eigenvalue weighted by Crippen LogP contribution is -2.66. The van der Waals surface area contributed by atoms with Crippen molar-refractivity contribution in [2.24, 2.45) is 0 Å². The van der Waals surface area contributed by atoms with Crippen molar-refractivity contribution in [3.63, 3.8) is 0 Å². The van der Waals surface area contributed by atoms with Crippen molar-refractivity contribution >= 4 is 5.78 Å². The zero-order valence-corrected chi connectivity index (χ0v) is 25.4. The van der Waals surface area contributed by atoms with Gasteiger partial charge in [0.05, 0.1) is 25.9 Å². The molecule has 0 aromatic carbocycles. The summed E-state index contributed by atoms with van der Waals surface area (Å²) in [5.74, 6) is -0.174. The largest absolute Gasteiger partial charge is 0.394 e. The Balaban J connectivity index is 1.54. The Morgan fingerprint density at radius 2 is 1.09 bits per heavy atom. The zero-order chi connectivity index (χ0) is 34.1. The Labute approximate surface area is 264 Å². The number of ether oxygens (including phenoxy) is 6. The van der Waals surface area contributed by atoms with Crippen LogP contribution in [0.5, 0.6) is 0 Å². The molecule has 19 nitrogen and oxygen atoms in total. The second-order valence-corrected chi connectivity index (χ2v) is 11.7. The van der Waals surface area contributed by atoms with Gasteiger partial charge in [-0.3, -0.25) is 4.79 Å². The summed E-state index contributed by atoms with van der Waals surface area (Å²) in [5.41, 5.74) is 1.97. The van der Waals surface area contributed by atoms with Gasteiger partial charge in [-0.1, -0.05) is 19.3 Å². The summed E-state index contributed by atoms with van der Waals surface area (Å²) in [6.45, 7) is -0.798. The Bertz CT molecular complexity index is 899. The molecule has 0 saturated carbocycles. The molecule has 9 unspecified atom stereocenters. The van der Waals surface area contributed by atoms with Gasteiger partial charge in [0.25, 0.3) is 0 Å². The number of aliphatic hydroxyl groups excluding tert-OH is 10. The summed E-state index contributed by atoms with van der Waals surface area (Å²) >= 11 is 0. The number of ketones is 1. The van der Waals surface area contributed by atoms with Gasteiger partial charge in [-0.05, 0) is 19.8 Å². The topological polar surface area (TPSA) is 307 Å². The standard InChI is InChI=1S/C27H49NO18/c1-11(32)12(28-40)6-4-2-3-5-7-41-25-21(38)18(35)23(14(9-30)43-25)46-27-22(39)19(36)24(15(10-31)44-27)45-26-20(37)17(34)16(33)13(8-29)42-26/h12-31,33-40H,2-10H2,1H3/t12-,13?,14?,15?,16-,17?,18?,19?,20?,21?,22?,23+,24-,25+,26+,27-/m0/s1. The van der Waals surface area contributed by atoms with Gasteiger partial charge in [0.2, 0.25) is 0 Å². The zero-order valence-electron chi connectivity index (χ0n) is 25.4. The van der Waals surface area contributed by atoms with E-state index in [4.69, 9.17) is 33.6 Å². The molecule has 19 heteroatoms. The number of hydrogen-bond acceptors (Lipinski definition) is 19. The molecule has 3 rings (SSSR count). The van der Waals surface area contributed by atoms with Crippen LogP contribution in [0.1, 0.15) is 39.0 Å². The first-order valence-electron chi connectivity index (χ1n) is 15.3. The van der Waals surface area contributed by atoms with Crippen LogP contribution >= 0.6 is 0 Å². The lowest BCUT2D eigenvalue weighted by molar-refractivity contribution is -0.379. The van der Waals surface area contributed by atoms with Gasteiger partial charge in [-0.25, -0.2) is 0 Å². The highest BCUT2D eigenvalue weighted by atomic mass is 16.8. The Morgan fingerprint density at radius 3 is 1.59 bits per heavy atom. The van der Waals surface area contributed by atoms with Crippen LogP contribution in [0.4, 0.5) is 0 Å². The third-order valence-corrected chi connectivity index (χ3v) is 8.39. The van der Waals surface area contributed by atoms with Crippen molar-refractivity contribution in [3.05, 3.63) is 0 Å². The lowest BCUT2D eigenvalue weighted by atomic mass is 9.96. The number of carbonyl (C=O) groups is 1. The number of unbranched alkanes of at least 4 members (excludes halogenated alkanes) is 3. The molecule has 3 heterocycles. The normalized spacial score (nSPS) is 42.6. The minimum absolute atomic E-state index is 0.122. The fraction of sp³-hybridized carbons (Fsp3) is 0.963. The first-order valence-corrected chi connectivity index (χ1v) is 15.3. The highest BCUT2D eigenvalue weighted by Gasteiger charge is 2.53. The van der Waals surface area contributed by atoms with Gasteiger partial charge in [0, 0.05) is 6.61 Å². The number of hydroxylamine groups is 1. The highest BCUT2D eigenvalue weighted by molar-refractivity contribution is 5.81. The number of Topliss-reactive ketones (excluding diaryl/α,β-unsaturated/α-hetero) is 1. The summed E-state index contributed by atoms with van der Waals surface area (Å²) in [6.07, 6.45) is -21.4. The monoisotopic (exact) mass is 675 g/mol. The molecule has 0 radical (unpaired) electrons. The molecule has 46 heavy (non-hydrogen) atoms. The maximum absolute atomic E-state index is 11.3. The maximum atomic E-state index is 11.3. The van der Waals surface area contributed by atoms with Gasteiger partial charge >= 0.3 is 0 Å². The van der Waals surface area contributed by atoms with E-state index < -0.39 is 118 Å². The van der Waals surface area contributed by atoms with Crippen molar-refractivity contribution in [1.82, 2.24) is 5.48 Å². The Morgan fingerprint density at radius 1 is 0.630 bits per heavy atom. The molecule has 16 atom stereocenters. The van der Waals surface area contributed by atoms with Crippen LogP contribution in [0.2, 0.25) is 0 Å². The van der Waals surface area contributed by atoms with Gasteiger partial charge in [-0.2, -0.15) is 5.48 Å². The maximum Gasteiger partial charge on any atom is 0.187 e. The SMILES string of the molecule is CC(=O)[C@H](CCCCCCO[C@@H]1OC(CO)[C@@H](O[C@@H]2OC(CO)[C@H](O[C@H]3OC(CO)[C@H](O)C(O)C3O)C(O)C2O)C(O)C1O)NO. The number of carbonyl (C=O) groups excluding carboxylic acids is 1. The minimum Gasteiger partial charge on any atom is -0.394 e. The molecular formula is C27H49NO18. The van der Waals surface area contributed by atoms with Crippen molar-refractivity contribution in [2.45, 2.75) is 137 Å². The van der Waals surface area contributed by atoms with Gasteiger partial charge < -0.3 is 84.7 Å². The van der Waals surface area contributed by atoms with Crippen molar-refractivity contribution < 1.29 is 89.5 Å². The summed E-state index contributed by atoms with van der Waals surface area (Å²) < 4.78 is 33.1. The molecule has 0 aromatic heterocycles. The minimum atomic E-state index is -1.92. The molecule has 3 aliphatic heterocycles. The van der Waals surface area contributed by atoms with E-state index in [1.165, 1.54) is 6.92 Å². The van der Waals surface area contributed by atoms with Crippen LogP contribution in [-0.4, -0.2) is 187 Å². The second-order valence-electron chi connectivity index (χ2n) is 11.7. The second kappa shape index (κ2) is 18.6. The fourth-order valence-corrected chi connectivity index (χ4v) is 5.54. The highest BCUT2D eigenvalue weighted by Crippen LogP contribution is 2.32. The van der Waals surface area contributed by atoms with Gasteiger partial charge in [-0.15, -0.1) is 0 Å². The van der Waals surface area contributed by atoms with Crippen LogP contribution in [0.3, 0.4) is 0 Å². The summed E-state index contributed by atoms with van der Waals surface area (Å²) in [5, 5.41) is 112. The molecule has 0 amide bonds. The fourth-order valence-electron chi connectivity index (χ4n) is 5.54. The van der Waals surface area contributed by atoms with E-state index >= 15 is 0 Å². The molecule has 270 valence electrons. The van der Waals surface area contributed by atoms with E-state index in [1.54, 1.807) is 0 Å². The summed E-state index contributed by atoms with van der Waals surface area (Å²) in [4.78, 5) is 11.3. The average molecular weight is 676 g/mol. The Hall–Kier alpha value is -1.05. The van der Waals surface area contributed by atoms with Gasteiger partial charge in [0.15, 0.2) is 18.9 Å².